The molecule has 0 spiro atoms. The maximum atomic E-state index is 13.4. The summed E-state index contributed by atoms with van der Waals surface area (Å²) in [6.07, 6.45) is 4.91. The second kappa shape index (κ2) is 8.17. The third-order valence-electron chi connectivity index (χ3n) is 5.78. The fraction of sp³-hybridized carbons (Fsp3) is 0.348. The number of aromatic nitrogens is 2. The molecule has 2 aromatic carbocycles. The van der Waals surface area contributed by atoms with Crippen molar-refractivity contribution in [2.24, 2.45) is 0 Å². The van der Waals surface area contributed by atoms with E-state index in [2.05, 4.69) is 0 Å². The number of carbonyl (C=O) groups excluding carboxylic acids is 1. The molecule has 0 unspecified atom stereocenters. The lowest BCUT2D eigenvalue weighted by atomic mass is 9.95. The Bertz CT molecular complexity index is 1150. The molecule has 29 heavy (non-hydrogen) atoms. The van der Waals surface area contributed by atoms with Crippen LogP contribution in [0.25, 0.3) is 10.9 Å². The van der Waals surface area contributed by atoms with Gasteiger partial charge in [-0.1, -0.05) is 55.7 Å². The molecule has 1 heterocycles. The molecule has 0 radical (unpaired) electrons. The molecule has 4 rings (SSSR count). The van der Waals surface area contributed by atoms with Crippen LogP contribution in [0, 0.1) is 0 Å². The van der Waals surface area contributed by atoms with Gasteiger partial charge < -0.3 is 5.11 Å². The van der Waals surface area contributed by atoms with Crippen LogP contribution in [0.2, 0.25) is 0 Å². The fourth-order valence-electron chi connectivity index (χ4n) is 4.22. The topological polar surface area (TPSA) is 81.3 Å². The summed E-state index contributed by atoms with van der Waals surface area (Å²) in [5.41, 5.74) is 1.40. The van der Waals surface area contributed by atoms with Gasteiger partial charge in [0.25, 0.3) is 5.56 Å². The molecule has 1 fully saturated rings. The second-order valence-electron chi connectivity index (χ2n) is 7.63. The number of benzene rings is 2. The Kier molecular flexibility index (Phi) is 5.45. The number of fused-ring (bicyclic) bond motifs is 1. The van der Waals surface area contributed by atoms with Crippen LogP contribution >= 0.6 is 0 Å². The molecule has 150 valence electrons. The SMILES string of the molecule is O=C(CO)c1ccc(Cn2c(=O)n(C3CCCCC3)c(=O)c3ccccc32)cc1. The van der Waals surface area contributed by atoms with Gasteiger partial charge in [-0.25, -0.2) is 4.79 Å². The Morgan fingerprint density at radius 2 is 1.66 bits per heavy atom. The van der Waals surface area contributed by atoms with Gasteiger partial charge in [-0.3, -0.25) is 18.7 Å². The highest BCUT2D eigenvalue weighted by atomic mass is 16.3. The van der Waals surface area contributed by atoms with Crippen molar-refractivity contribution in [1.82, 2.24) is 9.13 Å². The van der Waals surface area contributed by atoms with Crippen LogP contribution in [0.3, 0.4) is 0 Å². The predicted octanol–water partition coefficient (Wildman–Crippen LogP) is 2.89. The average molecular weight is 392 g/mol. The third-order valence-corrected chi connectivity index (χ3v) is 5.78. The van der Waals surface area contributed by atoms with Crippen LogP contribution in [0.15, 0.2) is 58.1 Å². The highest BCUT2D eigenvalue weighted by Crippen LogP contribution is 2.26. The third kappa shape index (κ3) is 3.68. The van der Waals surface area contributed by atoms with Crippen LogP contribution in [0.5, 0.6) is 0 Å². The van der Waals surface area contributed by atoms with Gasteiger partial charge in [-0.2, -0.15) is 0 Å². The Hall–Kier alpha value is -2.99. The highest BCUT2D eigenvalue weighted by Gasteiger charge is 2.22. The molecule has 1 N–H and O–H groups in total. The van der Waals surface area contributed by atoms with Crippen molar-refractivity contribution in [3.05, 3.63) is 80.5 Å². The Balaban J connectivity index is 1.82. The molecular weight excluding hydrogens is 368 g/mol. The maximum absolute atomic E-state index is 13.4. The van der Waals surface area contributed by atoms with E-state index in [-0.39, 0.29) is 23.1 Å². The molecule has 0 amide bonds. The number of ketones is 1. The minimum Gasteiger partial charge on any atom is -0.388 e. The number of para-hydroxylation sites is 1. The predicted molar refractivity (Wildman–Crippen MR) is 112 cm³/mol. The summed E-state index contributed by atoms with van der Waals surface area (Å²) < 4.78 is 3.10. The molecule has 0 saturated heterocycles. The minimum absolute atomic E-state index is 0.0517. The molecule has 1 aliphatic rings. The summed E-state index contributed by atoms with van der Waals surface area (Å²) in [6, 6.07) is 14.0. The monoisotopic (exact) mass is 392 g/mol. The average Bonchev–Trinajstić information content (AvgIpc) is 2.77. The van der Waals surface area contributed by atoms with Gasteiger partial charge in [0.1, 0.15) is 6.61 Å². The van der Waals surface area contributed by atoms with Crippen LogP contribution in [0.4, 0.5) is 0 Å². The molecule has 1 saturated carbocycles. The number of carbonyl (C=O) groups is 1. The van der Waals surface area contributed by atoms with Gasteiger partial charge in [0, 0.05) is 11.6 Å². The summed E-state index contributed by atoms with van der Waals surface area (Å²) in [5.74, 6) is -0.343. The van der Waals surface area contributed by atoms with Crippen molar-refractivity contribution in [3.63, 3.8) is 0 Å². The highest BCUT2D eigenvalue weighted by molar-refractivity contribution is 5.96. The summed E-state index contributed by atoms with van der Waals surface area (Å²) in [5, 5.41) is 9.55. The lowest BCUT2D eigenvalue weighted by Crippen LogP contribution is -2.43. The van der Waals surface area contributed by atoms with E-state index in [0.717, 1.165) is 37.7 Å². The first kappa shape index (κ1) is 19.3. The van der Waals surface area contributed by atoms with Gasteiger partial charge in [0.05, 0.1) is 17.4 Å². The number of nitrogens with zero attached hydrogens (tertiary/aromatic N) is 2. The van der Waals surface area contributed by atoms with Crippen molar-refractivity contribution in [2.75, 3.05) is 6.61 Å². The Labute approximate surface area is 168 Å². The first-order valence-electron chi connectivity index (χ1n) is 10.1. The number of rotatable bonds is 5. The van der Waals surface area contributed by atoms with Crippen molar-refractivity contribution in [3.8, 4) is 0 Å². The smallest absolute Gasteiger partial charge is 0.332 e. The van der Waals surface area contributed by atoms with E-state index in [0.29, 0.717) is 23.0 Å². The van der Waals surface area contributed by atoms with Crippen LogP contribution < -0.4 is 11.2 Å². The first-order valence-corrected chi connectivity index (χ1v) is 10.1. The number of hydrogen-bond donors (Lipinski definition) is 1. The zero-order valence-corrected chi connectivity index (χ0v) is 16.2. The number of hydrogen-bond acceptors (Lipinski definition) is 4. The van der Waals surface area contributed by atoms with Gasteiger partial charge in [-0.05, 0) is 30.5 Å². The van der Waals surface area contributed by atoms with Gasteiger partial charge in [0.2, 0.25) is 0 Å². The van der Waals surface area contributed by atoms with Crippen molar-refractivity contribution in [2.45, 2.75) is 44.7 Å². The van der Waals surface area contributed by atoms with E-state index in [9.17, 15) is 14.4 Å². The maximum Gasteiger partial charge on any atom is 0.332 e. The lowest BCUT2D eigenvalue weighted by molar-refractivity contribution is 0.0903. The molecule has 1 aromatic heterocycles. The van der Waals surface area contributed by atoms with Gasteiger partial charge in [0.15, 0.2) is 5.78 Å². The summed E-state index contributed by atoms with van der Waals surface area (Å²) >= 11 is 0. The molecule has 0 bridgehead atoms. The Morgan fingerprint density at radius 3 is 2.34 bits per heavy atom. The largest absolute Gasteiger partial charge is 0.388 e. The van der Waals surface area contributed by atoms with Crippen molar-refractivity contribution in [1.29, 1.82) is 0 Å². The van der Waals surface area contributed by atoms with Crippen LogP contribution in [-0.2, 0) is 6.54 Å². The lowest BCUT2D eigenvalue weighted by Gasteiger charge is -2.25. The van der Waals surface area contributed by atoms with E-state index in [1.807, 2.05) is 12.1 Å². The number of aliphatic hydroxyl groups is 1. The normalized spacial score (nSPS) is 14.9. The van der Waals surface area contributed by atoms with Crippen molar-refractivity contribution >= 4 is 16.7 Å². The summed E-state index contributed by atoms with van der Waals surface area (Å²) in [6.45, 7) is -0.226. The molecule has 6 nitrogen and oxygen atoms in total. The summed E-state index contributed by atoms with van der Waals surface area (Å²) in [7, 11) is 0. The second-order valence-corrected chi connectivity index (χ2v) is 7.63. The molecular formula is C23H24N2O4. The van der Waals surface area contributed by atoms with Crippen LogP contribution in [0.1, 0.15) is 54.1 Å². The zero-order valence-electron chi connectivity index (χ0n) is 16.2. The molecule has 6 heteroatoms. The minimum atomic E-state index is -0.532. The summed E-state index contributed by atoms with van der Waals surface area (Å²) in [4.78, 5) is 38.1. The molecule has 1 aliphatic carbocycles. The van der Waals surface area contributed by atoms with E-state index in [1.54, 1.807) is 41.0 Å². The number of aliphatic hydroxyl groups excluding tert-OH is 1. The molecule has 0 atom stereocenters. The van der Waals surface area contributed by atoms with Gasteiger partial charge in [-0.15, -0.1) is 0 Å². The molecule has 3 aromatic rings. The fourth-order valence-corrected chi connectivity index (χ4v) is 4.22. The van der Waals surface area contributed by atoms with E-state index in [4.69, 9.17) is 5.11 Å². The Morgan fingerprint density at radius 1 is 0.966 bits per heavy atom. The first-order chi connectivity index (χ1) is 14.1. The van der Waals surface area contributed by atoms with E-state index in [1.165, 1.54) is 4.57 Å². The standard InChI is InChI=1S/C23H24N2O4/c26-15-21(27)17-12-10-16(11-13-17)14-24-20-9-5-4-8-19(20)22(28)25(23(24)29)18-6-2-1-3-7-18/h4-5,8-13,18,26H,1-3,6-7,14-15H2. The molecule has 0 aliphatic heterocycles. The zero-order chi connectivity index (χ0) is 20.4. The number of Topliss-reactive ketones (excluding diaryl/α,β-unsaturated/α-hetero) is 1. The van der Waals surface area contributed by atoms with Gasteiger partial charge >= 0.3 is 5.69 Å². The van der Waals surface area contributed by atoms with E-state index >= 15 is 0 Å². The van der Waals surface area contributed by atoms with Crippen molar-refractivity contribution < 1.29 is 9.90 Å². The van der Waals surface area contributed by atoms with Crippen LogP contribution in [-0.4, -0.2) is 26.6 Å². The van der Waals surface area contributed by atoms with E-state index < -0.39 is 6.61 Å². The quantitative estimate of drug-likeness (QED) is 0.677.